The Morgan fingerprint density at radius 1 is 1.38 bits per heavy atom. The Morgan fingerprint density at radius 3 is 2.77 bits per heavy atom. The average molecular weight is 179 g/mol. The van der Waals surface area contributed by atoms with Gasteiger partial charge in [-0.3, -0.25) is 4.79 Å². The standard InChI is InChI=1S/C9H9NO3/c1-6(11)7-4-8-9(5-10-7)13-3-2-12-8/h4-5H,2-3H2,1H3. The van der Waals surface area contributed by atoms with Gasteiger partial charge < -0.3 is 9.47 Å². The molecule has 2 rings (SSSR count). The van der Waals surface area contributed by atoms with Crippen molar-refractivity contribution in [1.29, 1.82) is 0 Å². The highest BCUT2D eigenvalue weighted by molar-refractivity contribution is 5.92. The summed E-state index contributed by atoms with van der Waals surface area (Å²) in [6.45, 7) is 2.53. The Morgan fingerprint density at radius 2 is 2.08 bits per heavy atom. The zero-order valence-electron chi connectivity index (χ0n) is 7.24. The molecule has 68 valence electrons. The summed E-state index contributed by atoms with van der Waals surface area (Å²) in [6.07, 6.45) is 1.52. The van der Waals surface area contributed by atoms with Gasteiger partial charge in [0.25, 0.3) is 0 Å². The van der Waals surface area contributed by atoms with Gasteiger partial charge in [-0.2, -0.15) is 0 Å². The van der Waals surface area contributed by atoms with E-state index in [1.54, 1.807) is 6.07 Å². The van der Waals surface area contributed by atoms with E-state index >= 15 is 0 Å². The number of pyridine rings is 1. The number of nitrogens with zero attached hydrogens (tertiary/aromatic N) is 1. The van der Waals surface area contributed by atoms with Gasteiger partial charge in [0.15, 0.2) is 17.3 Å². The summed E-state index contributed by atoms with van der Waals surface area (Å²) >= 11 is 0. The Labute approximate surface area is 75.5 Å². The molecule has 0 N–H and O–H groups in total. The van der Waals surface area contributed by atoms with Gasteiger partial charge in [-0.05, 0) is 0 Å². The number of Topliss-reactive ketones (excluding diaryl/α,β-unsaturated/α-hetero) is 1. The lowest BCUT2D eigenvalue weighted by molar-refractivity contribution is 0.101. The molecule has 1 aromatic heterocycles. The Kier molecular flexibility index (Phi) is 1.88. The van der Waals surface area contributed by atoms with Crippen LogP contribution in [-0.4, -0.2) is 24.0 Å². The lowest BCUT2D eigenvalue weighted by atomic mass is 10.2. The molecule has 0 saturated carbocycles. The number of ether oxygens (including phenoxy) is 2. The molecule has 0 aliphatic carbocycles. The number of fused-ring (bicyclic) bond motifs is 1. The van der Waals surface area contributed by atoms with Crippen molar-refractivity contribution in [2.75, 3.05) is 13.2 Å². The number of hydrogen-bond donors (Lipinski definition) is 0. The summed E-state index contributed by atoms with van der Waals surface area (Å²) in [4.78, 5) is 14.9. The van der Waals surface area contributed by atoms with Crippen molar-refractivity contribution < 1.29 is 14.3 Å². The third kappa shape index (κ3) is 1.47. The fraction of sp³-hybridized carbons (Fsp3) is 0.333. The summed E-state index contributed by atoms with van der Waals surface area (Å²) in [5, 5.41) is 0. The summed E-state index contributed by atoms with van der Waals surface area (Å²) in [5.41, 5.74) is 0.407. The molecule has 1 aliphatic rings. The molecule has 1 aromatic rings. The number of carbonyl (C=O) groups is 1. The normalized spacial score (nSPS) is 13.9. The predicted octanol–water partition coefficient (Wildman–Crippen LogP) is 1.06. The van der Waals surface area contributed by atoms with Crippen molar-refractivity contribution in [2.45, 2.75) is 6.92 Å². The fourth-order valence-corrected chi connectivity index (χ4v) is 1.14. The zero-order valence-corrected chi connectivity index (χ0v) is 7.24. The molecule has 4 heteroatoms. The van der Waals surface area contributed by atoms with E-state index in [0.717, 1.165) is 0 Å². The van der Waals surface area contributed by atoms with Crippen LogP contribution in [0, 0.1) is 0 Å². The smallest absolute Gasteiger partial charge is 0.179 e. The second-order valence-corrected chi connectivity index (χ2v) is 2.77. The number of carbonyl (C=O) groups excluding carboxylic acids is 1. The number of ketones is 1. The molecule has 0 fully saturated rings. The molecule has 0 unspecified atom stereocenters. The van der Waals surface area contributed by atoms with Gasteiger partial charge in [0.2, 0.25) is 0 Å². The van der Waals surface area contributed by atoms with Crippen LogP contribution in [0.15, 0.2) is 12.3 Å². The first kappa shape index (κ1) is 8.04. The lowest BCUT2D eigenvalue weighted by Crippen LogP contribution is -2.16. The molecule has 0 bridgehead atoms. The molecule has 0 aromatic carbocycles. The van der Waals surface area contributed by atoms with Crippen LogP contribution < -0.4 is 9.47 Å². The summed E-state index contributed by atoms with van der Waals surface area (Å²) in [6, 6.07) is 1.61. The Bertz CT molecular complexity index is 349. The van der Waals surface area contributed by atoms with Gasteiger partial charge in [-0.15, -0.1) is 0 Å². The van der Waals surface area contributed by atoms with E-state index in [1.807, 2.05) is 0 Å². The minimum atomic E-state index is -0.0722. The third-order valence-corrected chi connectivity index (χ3v) is 1.79. The van der Waals surface area contributed by atoms with E-state index in [2.05, 4.69) is 4.98 Å². The number of rotatable bonds is 1. The van der Waals surface area contributed by atoms with Gasteiger partial charge in [0, 0.05) is 13.0 Å². The highest BCUT2D eigenvalue weighted by atomic mass is 16.6. The zero-order chi connectivity index (χ0) is 9.26. The van der Waals surface area contributed by atoms with Crippen molar-refractivity contribution in [1.82, 2.24) is 4.98 Å². The van der Waals surface area contributed by atoms with E-state index < -0.39 is 0 Å². The highest BCUT2D eigenvalue weighted by Gasteiger charge is 2.13. The predicted molar refractivity (Wildman–Crippen MR) is 45.2 cm³/mol. The van der Waals surface area contributed by atoms with Crippen LogP contribution >= 0.6 is 0 Å². The molecule has 0 spiro atoms. The maximum absolute atomic E-state index is 11.0. The second kappa shape index (κ2) is 3.05. The van der Waals surface area contributed by atoms with Crippen molar-refractivity contribution in [2.24, 2.45) is 0 Å². The first-order valence-electron chi connectivity index (χ1n) is 4.04. The fourth-order valence-electron chi connectivity index (χ4n) is 1.14. The Hall–Kier alpha value is -1.58. The molecule has 1 aliphatic heterocycles. The molecule has 0 atom stereocenters. The highest BCUT2D eigenvalue weighted by Crippen LogP contribution is 2.29. The largest absolute Gasteiger partial charge is 0.486 e. The van der Waals surface area contributed by atoms with E-state index in [0.29, 0.717) is 30.4 Å². The van der Waals surface area contributed by atoms with Crippen LogP contribution in [0.1, 0.15) is 17.4 Å². The molecule has 13 heavy (non-hydrogen) atoms. The lowest BCUT2D eigenvalue weighted by Gasteiger charge is -2.17. The SMILES string of the molecule is CC(=O)c1cc2c(cn1)OCCO2. The molecular weight excluding hydrogens is 170 g/mol. The van der Waals surface area contributed by atoms with Crippen LogP contribution in [0.25, 0.3) is 0 Å². The molecule has 0 saturated heterocycles. The van der Waals surface area contributed by atoms with Crippen molar-refractivity contribution in [3.05, 3.63) is 18.0 Å². The average Bonchev–Trinajstić information content (AvgIpc) is 2.17. The van der Waals surface area contributed by atoms with Crippen LogP contribution in [-0.2, 0) is 0 Å². The van der Waals surface area contributed by atoms with Crippen molar-refractivity contribution in [3.8, 4) is 11.5 Å². The van der Waals surface area contributed by atoms with Crippen LogP contribution in [0.4, 0.5) is 0 Å². The van der Waals surface area contributed by atoms with Gasteiger partial charge in [-0.1, -0.05) is 0 Å². The second-order valence-electron chi connectivity index (χ2n) is 2.77. The minimum Gasteiger partial charge on any atom is -0.486 e. The molecule has 0 amide bonds. The topological polar surface area (TPSA) is 48.4 Å². The van der Waals surface area contributed by atoms with E-state index in [-0.39, 0.29) is 5.78 Å². The Balaban J connectivity index is 2.40. The maximum atomic E-state index is 11.0. The van der Waals surface area contributed by atoms with Crippen LogP contribution in [0.3, 0.4) is 0 Å². The maximum Gasteiger partial charge on any atom is 0.179 e. The first-order chi connectivity index (χ1) is 6.27. The van der Waals surface area contributed by atoms with Gasteiger partial charge in [0.05, 0.1) is 6.20 Å². The van der Waals surface area contributed by atoms with Gasteiger partial charge >= 0.3 is 0 Å². The van der Waals surface area contributed by atoms with E-state index in [1.165, 1.54) is 13.1 Å². The monoisotopic (exact) mass is 179 g/mol. The summed E-state index contributed by atoms with van der Waals surface area (Å²) in [7, 11) is 0. The summed E-state index contributed by atoms with van der Waals surface area (Å²) in [5.74, 6) is 1.14. The molecule has 4 nitrogen and oxygen atoms in total. The van der Waals surface area contributed by atoms with Crippen molar-refractivity contribution >= 4 is 5.78 Å². The molecule has 0 radical (unpaired) electrons. The van der Waals surface area contributed by atoms with Gasteiger partial charge in [-0.25, -0.2) is 4.98 Å². The quantitative estimate of drug-likeness (QED) is 0.605. The first-order valence-corrected chi connectivity index (χ1v) is 4.04. The van der Waals surface area contributed by atoms with Gasteiger partial charge in [0.1, 0.15) is 18.9 Å². The van der Waals surface area contributed by atoms with E-state index in [9.17, 15) is 4.79 Å². The van der Waals surface area contributed by atoms with E-state index in [4.69, 9.17) is 9.47 Å². The van der Waals surface area contributed by atoms with Crippen LogP contribution in [0.5, 0.6) is 11.5 Å². The van der Waals surface area contributed by atoms with Crippen molar-refractivity contribution in [3.63, 3.8) is 0 Å². The molecular formula is C9H9NO3. The summed E-state index contributed by atoms with van der Waals surface area (Å²) < 4.78 is 10.6. The molecule has 2 heterocycles. The third-order valence-electron chi connectivity index (χ3n) is 1.79. The number of hydrogen-bond acceptors (Lipinski definition) is 4. The number of aromatic nitrogens is 1. The van der Waals surface area contributed by atoms with Crippen LogP contribution in [0.2, 0.25) is 0 Å². The minimum absolute atomic E-state index is 0.0722.